The van der Waals surface area contributed by atoms with E-state index in [9.17, 15) is 8.78 Å². The van der Waals surface area contributed by atoms with Gasteiger partial charge in [-0.05, 0) is 26.8 Å². The molecule has 0 fully saturated rings. The Morgan fingerprint density at radius 3 is 2.38 bits per heavy atom. The fraction of sp³-hybridized carbons (Fsp3) is 1.00. The van der Waals surface area contributed by atoms with Crippen LogP contribution in [0.5, 0.6) is 0 Å². The van der Waals surface area contributed by atoms with Gasteiger partial charge < -0.3 is 10.1 Å². The first kappa shape index (κ1) is 12.8. The molecule has 0 bridgehead atoms. The first-order chi connectivity index (χ1) is 6.06. The molecule has 0 aromatic heterocycles. The molecule has 0 aliphatic carbocycles. The predicted molar refractivity (Wildman–Crippen MR) is 49.2 cm³/mol. The molecule has 0 saturated carbocycles. The highest BCUT2D eigenvalue weighted by Gasteiger charge is 2.34. The zero-order chi connectivity index (χ0) is 10.3. The molecule has 0 spiro atoms. The van der Waals surface area contributed by atoms with Crippen molar-refractivity contribution in [2.75, 3.05) is 19.8 Å². The highest BCUT2D eigenvalue weighted by atomic mass is 19.3. The van der Waals surface area contributed by atoms with Crippen molar-refractivity contribution in [1.82, 2.24) is 5.32 Å². The summed E-state index contributed by atoms with van der Waals surface area (Å²) in [6, 6.07) is 0. The maximum absolute atomic E-state index is 12.6. The molecule has 80 valence electrons. The number of rotatable bonds is 7. The third-order valence-corrected chi connectivity index (χ3v) is 1.87. The molecule has 0 aromatic rings. The minimum atomic E-state index is -2.40. The third kappa shape index (κ3) is 4.52. The topological polar surface area (TPSA) is 21.3 Å². The van der Waals surface area contributed by atoms with Crippen molar-refractivity contribution >= 4 is 0 Å². The van der Waals surface area contributed by atoms with Gasteiger partial charge in [0.15, 0.2) is 0 Å². The van der Waals surface area contributed by atoms with Crippen molar-refractivity contribution < 1.29 is 13.5 Å². The maximum atomic E-state index is 12.6. The normalized spacial score (nSPS) is 16.2. The molecule has 0 saturated heterocycles. The van der Waals surface area contributed by atoms with Gasteiger partial charge in [-0.3, -0.25) is 0 Å². The van der Waals surface area contributed by atoms with Gasteiger partial charge in [0.2, 0.25) is 0 Å². The highest BCUT2D eigenvalue weighted by Crippen LogP contribution is 2.15. The summed E-state index contributed by atoms with van der Waals surface area (Å²) in [5.74, 6) is 0. The van der Waals surface area contributed by atoms with Crippen LogP contribution in [0.2, 0.25) is 0 Å². The Balaban J connectivity index is 4.00. The number of nitrogens with one attached hydrogen (secondary N) is 1. The zero-order valence-corrected chi connectivity index (χ0v) is 8.57. The van der Waals surface area contributed by atoms with Crippen LogP contribution in [-0.2, 0) is 4.74 Å². The van der Waals surface area contributed by atoms with Gasteiger partial charge in [-0.2, -0.15) is 0 Å². The van der Waals surface area contributed by atoms with Gasteiger partial charge in [0.1, 0.15) is 5.54 Å². The Bertz CT molecular complexity index is 123. The molecule has 1 unspecified atom stereocenters. The van der Waals surface area contributed by atoms with Crippen LogP contribution in [0.25, 0.3) is 0 Å². The Morgan fingerprint density at radius 1 is 1.38 bits per heavy atom. The lowest BCUT2D eigenvalue weighted by molar-refractivity contribution is -0.0187. The molecule has 4 heteroatoms. The third-order valence-electron chi connectivity index (χ3n) is 1.87. The van der Waals surface area contributed by atoms with Crippen molar-refractivity contribution in [2.24, 2.45) is 0 Å². The Labute approximate surface area is 78.7 Å². The molecule has 0 radical (unpaired) electrons. The average Bonchev–Trinajstić information content (AvgIpc) is 2.11. The molecular weight excluding hydrogens is 176 g/mol. The summed E-state index contributed by atoms with van der Waals surface area (Å²) in [7, 11) is 0. The zero-order valence-electron chi connectivity index (χ0n) is 8.57. The number of hydrogen-bond donors (Lipinski definition) is 1. The number of halogens is 2. The predicted octanol–water partition coefficient (Wildman–Crippen LogP) is 2.05. The largest absolute Gasteiger partial charge is 0.380 e. The fourth-order valence-corrected chi connectivity index (χ4v) is 0.916. The molecule has 0 aliphatic rings. The van der Waals surface area contributed by atoms with E-state index in [-0.39, 0.29) is 6.61 Å². The minimum absolute atomic E-state index is 0.0567. The van der Waals surface area contributed by atoms with Crippen LogP contribution in [0.4, 0.5) is 8.78 Å². The SMILES string of the molecule is CCCNC(C)(COCC)C(F)F. The van der Waals surface area contributed by atoms with E-state index in [1.165, 1.54) is 6.92 Å². The molecular formula is C9H19F2NO. The quantitative estimate of drug-likeness (QED) is 0.671. The van der Waals surface area contributed by atoms with Crippen molar-refractivity contribution in [3.8, 4) is 0 Å². The molecule has 0 aliphatic heterocycles. The summed E-state index contributed by atoms with van der Waals surface area (Å²) in [4.78, 5) is 0. The second kappa shape index (κ2) is 6.27. The second-order valence-corrected chi connectivity index (χ2v) is 3.28. The van der Waals surface area contributed by atoms with Gasteiger partial charge in [-0.25, -0.2) is 8.78 Å². The summed E-state index contributed by atoms with van der Waals surface area (Å²) in [6.45, 7) is 6.35. The first-order valence-electron chi connectivity index (χ1n) is 4.67. The van der Waals surface area contributed by atoms with Crippen LogP contribution in [0, 0.1) is 0 Å². The smallest absolute Gasteiger partial charge is 0.258 e. The number of hydrogen-bond acceptors (Lipinski definition) is 2. The van der Waals surface area contributed by atoms with E-state index in [4.69, 9.17) is 4.74 Å². The lowest BCUT2D eigenvalue weighted by Gasteiger charge is -2.29. The van der Waals surface area contributed by atoms with Crippen LogP contribution in [-0.4, -0.2) is 31.7 Å². The lowest BCUT2D eigenvalue weighted by atomic mass is 10.0. The first-order valence-corrected chi connectivity index (χ1v) is 4.67. The van der Waals surface area contributed by atoms with Crippen LogP contribution in [0.3, 0.4) is 0 Å². The molecule has 0 aromatic carbocycles. The van der Waals surface area contributed by atoms with E-state index in [0.717, 1.165) is 6.42 Å². The Hall–Kier alpha value is -0.220. The van der Waals surface area contributed by atoms with Crippen LogP contribution in [0.15, 0.2) is 0 Å². The Morgan fingerprint density at radius 2 is 2.00 bits per heavy atom. The fourth-order valence-electron chi connectivity index (χ4n) is 0.916. The minimum Gasteiger partial charge on any atom is -0.380 e. The van der Waals surface area contributed by atoms with Crippen LogP contribution >= 0.6 is 0 Å². The van der Waals surface area contributed by atoms with Crippen molar-refractivity contribution in [3.05, 3.63) is 0 Å². The summed E-state index contributed by atoms with van der Waals surface area (Å²) >= 11 is 0. The van der Waals surface area contributed by atoms with Gasteiger partial charge in [0.25, 0.3) is 6.43 Å². The van der Waals surface area contributed by atoms with Gasteiger partial charge in [0.05, 0.1) is 6.61 Å². The van der Waals surface area contributed by atoms with Crippen LogP contribution in [0.1, 0.15) is 27.2 Å². The molecule has 1 atom stereocenters. The maximum Gasteiger partial charge on any atom is 0.258 e. The molecule has 1 N–H and O–H groups in total. The summed E-state index contributed by atoms with van der Waals surface area (Å²) in [6.07, 6.45) is -1.56. The molecule has 13 heavy (non-hydrogen) atoms. The summed E-state index contributed by atoms with van der Waals surface area (Å²) in [5.41, 5.74) is -1.20. The highest BCUT2D eigenvalue weighted by molar-refractivity contribution is 4.85. The number of ether oxygens (including phenoxy) is 1. The molecule has 0 rings (SSSR count). The van der Waals surface area contributed by atoms with E-state index in [2.05, 4.69) is 5.32 Å². The molecule has 0 amide bonds. The van der Waals surface area contributed by atoms with E-state index in [1.807, 2.05) is 6.92 Å². The van der Waals surface area contributed by atoms with Gasteiger partial charge in [0, 0.05) is 6.61 Å². The standard InChI is InChI=1S/C9H19F2NO/c1-4-6-12-9(3,8(10)11)7-13-5-2/h8,12H,4-7H2,1-3H3. The van der Waals surface area contributed by atoms with Crippen molar-refractivity contribution in [3.63, 3.8) is 0 Å². The van der Waals surface area contributed by atoms with Gasteiger partial charge in [-0.15, -0.1) is 0 Å². The monoisotopic (exact) mass is 195 g/mol. The van der Waals surface area contributed by atoms with Crippen molar-refractivity contribution in [1.29, 1.82) is 0 Å². The van der Waals surface area contributed by atoms with E-state index < -0.39 is 12.0 Å². The van der Waals surface area contributed by atoms with Crippen molar-refractivity contribution in [2.45, 2.75) is 39.2 Å². The molecule has 0 heterocycles. The second-order valence-electron chi connectivity index (χ2n) is 3.28. The van der Waals surface area contributed by atoms with Crippen LogP contribution < -0.4 is 5.32 Å². The molecule has 2 nitrogen and oxygen atoms in total. The summed E-state index contributed by atoms with van der Waals surface area (Å²) < 4.78 is 30.2. The average molecular weight is 195 g/mol. The lowest BCUT2D eigenvalue weighted by Crippen LogP contribution is -2.52. The summed E-state index contributed by atoms with van der Waals surface area (Å²) in [5, 5.41) is 2.81. The number of alkyl halides is 2. The van der Waals surface area contributed by atoms with Gasteiger partial charge >= 0.3 is 0 Å². The Kier molecular flexibility index (Phi) is 6.16. The van der Waals surface area contributed by atoms with Gasteiger partial charge in [-0.1, -0.05) is 6.92 Å². The van der Waals surface area contributed by atoms with E-state index >= 15 is 0 Å². The van der Waals surface area contributed by atoms with E-state index in [1.54, 1.807) is 6.92 Å². The van der Waals surface area contributed by atoms with E-state index in [0.29, 0.717) is 13.2 Å².